The van der Waals surface area contributed by atoms with E-state index < -0.39 is 65.5 Å². The molecule has 0 saturated carbocycles. The molecule has 15 heteroatoms. The average Bonchev–Trinajstić information content (AvgIpc) is 3.09. The van der Waals surface area contributed by atoms with Gasteiger partial charge in [-0.15, -0.1) is 0 Å². The zero-order valence-corrected chi connectivity index (χ0v) is 30.5. The quantitative estimate of drug-likeness (QED) is 0.0894. The number of rotatable bonds is 20. The van der Waals surface area contributed by atoms with Crippen molar-refractivity contribution in [2.45, 2.75) is 104 Å². The summed E-state index contributed by atoms with van der Waals surface area (Å²) in [7, 11) is 0. The van der Waals surface area contributed by atoms with E-state index in [0.717, 1.165) is 24.5 Å². The molecule has 0 bridgehead atoms. The molecule has 2 rings (SSSR count). The van der Waals surface area contributed by atoms with Gasteiger partial charge in [0, 0.05) is 36.8 Å². The molecule has 51 heavy (non-hydrogen) atoms. The molecule has 6 N–H and O–H groups in total. The number of amides is 5. The topological polar surface area (TPSA) is 184 Å². The fourth-order valence-electron chi connectivity index (χ4n) is 5.27. The number of hydrogen-bond acceptors (Lipinski definition) is 7. The van der Waals surface area contributed by atoms with E-state index in [0.29, 0.717) is 24.1 Å². The molecule has 2 aromatic rings. The molecule has 0 unspecified atom stereocenters. The Kier molecular flexibility index (Phi) is 17.4. The third-order valence-corrected chi connectivity index (χ3v) is 8.58. The van der Waals surface area contributed by atoms with Gasteiger partial charge in [-0.25, -0.2) is 8.78 Å². The van der Waals surface area contributed by atoms with Crippen molar-refractivity contribution in [3.05, 3.63) is 70.7 Å². The zero-order valence-electron chi connectivity index (χ0n) is 30.5. The largest absolute Gasteiger partial charge is 0.619 e. The van der Waals surface area contributed by atoms with Gasteiger partial charge in [0.25, 0.3) is 5.91 Å². The smallest absolute Gasteiger partial charge is 0.252 e. The van der Waals surface area contributed by atoms with Gasteiger partial charge in [0.05, 0.1) is 11.6 Å². The molecule has 1 heterocycles. The fraction of sp³-hybridized carbons (Fsp3) is 0.556. The summed E-state index contributed by atoms with van der Waals surface area (Å²) in [6, 6.07) is 1.40. The monoisotopic (exact) mass is 717 g/mol. The minimum absolute atomic E-state index is 0.0968. The summed E-state index contributed by atoms with van der Waals surface area (Å²) in [5.74, 6) is -4.77. The predicted molar refractivity (Wildman–Crippen MR) is 188 cm³/mol. The first-order valence-electron chi connectivity index (χ1n) is 17.5. The normalized spacial score (nSPS) is 14.7. The second-order valence-electron chi connectivity index (χ2n) is 13.0. The average molecular weight is 718 g/mol. The van der Waals surface area contributed by atoms with Crippen molar-refractivity contribution in [1.29, 1.82) is 0 Å². The molecular weight excluding hydrogens is 664 g/mol. The van der Waals surface area contributed by atoms with Crippen LogP contribution in [0.1, 0.15) is 83.7 Å². The molecule has 13 nitrogen and oxygen atoms in total. The minimum Gasteiger partial charge on any atom is -0.619 e. The molecule has 1 aromatic carbocycles. The molecule has 1 aromatic heterocycles. The Morgan fingerprint density at radius 2 is 1.41 bits per heavy atom. The Balaban J connectivity index is 2.26. The molecule has 0 spiro atoms. The maximum atomic E-state index is 14.7. The summed E-state index contributed by atoms with van der Waals surface area (Å²) in [5.41, 5.74) is -0.0921. The first-order chi connectivity index (χ1) is 24.1. The highest BCUT2D eigenvalue weighted by Gasteiger charge is 2.32. The SMILES string of the molecule is CCC[C@H](NC(=O)[C@@H](NC(=O)c1cc[n+]([O-])cc1)[C@@H](C)CC)C(=O)N[C@H](CN[C@@H](C)C(=O)N[C@H](C(=O)NCC)C(C)C)Cc1c(F)cccc1F. The lowest BCUT2D eigenvalue weighted by atomic mass is 9.97. The summed E-state index contributed by atoms with van der Waals surface area (Å²) in [6.07, 6.45) is 3.27. The lowest BCUT2D eigenvalue weighted by Crippen LogP contribution is -2.58. The Morgan fingerprint density at radius 3 is 1.96 bits per heavy atom. The van der Waals surface area contributed by atoms with E-state index in [1.807, 2.05) is 13.8 Å². The van der Waals surface area contributed by atoms with Gasteiger partial charge in [-0.3, -0.25) is 24.0 Å². The third kappa shape index (κ3) is 13.2. The number of nitrogens with one attached hydrogen (secondary N) is 6. The van der Waals surface area contributed by atoms with Crippen molar-refractivity contribution in [2.75, 3.05) is 13.1 Å². The molecule has 0 aliphatic carbocycles. The number of nitrogens with zero attached hydrogens (tertiary/aromatic N) is 1. The van der Waals surface area contributed by atoms with Gasteiger partial charge in [-0.2, -0.15) is 4.73 Å². The van der Waals surface area contributed by atoms with Crippen LogP contribution in [0.4, 0.5) is 8.78 Å². The van der Waals surface area contributed by atoms with Gasteiger partial charge in [0.15, 0.2) is 12.4 Å². The van der Waals surface area contributed by atoms with Crippen molar-refractivity contribution in [2.24, 2.45) is 11.8 Å². The zero-order chi connectivity index (χ0) is 38.2. The number of halogens is 2. The van der Waals surface area contributed by atoms with Crippen LogP contribution in [0.25, 0.3) is 0 Å². The van der Waals surface area contributed by atoms with Crippen LogP contribution in [0.15, 0.2) is 42.7 Å². The maximum absolute atomic E-state index is 14.7. The minimum atomic E-state index is -1.07. The van der Waals surface area contributed by atoms with Crippen LogP contribution in [0, 0.1) is 28.7 Å². The second-order valence-corrected chi connectivity index (χ2v) is 13.0. The third-order valence-electron chi connectivity index (χ3n) is 8.58. The molecule has 0 saturated heterocycles. The van der Waals surface area contributed by atoms with Gasteiger partial charge in [-0.05, 0) is 50.7 Å². The first kappa shape index (κ1) is 42.5. The van der Waals surface area contributed by atoms with E-state index in [2.05, 4.69) is 31.9 Å². The van der Waals surface area contributed by atoms with Gasteiger partial charge >= 0.3 is 0 Å². The first-order valence-corrected chi connectivity index (χ1v) is 17.5. The van der Waals surface area contributed by atoms with Crippen molar-refractivity contribution >= 4 is 29.5 Å². The van der Waals surface area contributed by atoms with E-state index in [4.69, 9.17) is 0 Å². The van der Waals surface area contributed by atoms with E-state index in [9.17, 15) is 38.0 Å². The van der Waals surface area contributed by atoms with Gasteiger partial charge in [0.2, 0.25) is 23.6 Å². The molecule has 5 amide bonds. The maximum Gasteiger partial charge on any atom is 0.252 e. The fourth-order valence-corrected chi connectivity index (χ4v) is 5.27. The van der Waals surface area contributed by atoms with Gasteiger partial charge in [-0.1, -0.05) is 53.5 Å². The van der Waals surface area contributed by atoms with Crippen LogP contribution in [-0.2, 0) is 25.6 Å². The second kappa shape index (κ2) is 20.9. The van der Waals surface area contributed by atoms with E-state index in [1.54, 1.807) is 34.6 Å². The summed E-state index contributed by atoms with van der Waals surface area (Å²) in [5, 5.41) is 28.1. The number of pyridine rings is 1. The molecule has 0 aliphatic heterocycles. The number of carbonyl (C=O) groups is 5. The van der Waals surface area contributed by atoms with Crippen molar-refractivity contribution in [3.8, 4) is 0 Å². The Labute approximate surface area is 298 Å². The Bertz CT molecular complexity index is 1460. The van der Waals surface area contributed by atoms with Gasteiger partial charge < -0.3 is 37.1 Å². The number of carbonyl (C=O) groups excluding carboxylic acids is 5. The molecule has 0 aliphatic rings. The summed E-state index contributed by atoms with van der Waals surface area (Å²) >= 11 is 0. The molecular formula is C36H53F2N7O6. The van der Waals surface area contributed by atoms with Crippen LogP contribution in [0.3, 0.4) is 0 Å². The van der Waals surface area contributed by atoms with Crippen molar-refractivity contribution in [3.63, 3.8) is 0 Å². The lowest BCUT2D eigenvalue weighted by Gasteiger charge is -2.28. The number of likely N-dealkylation sites (N-methyl/N-ethyl adjacent to an activating group) is 1. The van der Waals surface area contributed by atoms with E-state index in [-0.39, 0.29) is 48.3 Å². The van der Waals surface area contributed by atoms with Crippen LogP contribution in [0.5, 0.6) is 0 Å². The van der Waals surface area contributed by atoms with Crippen molar-refractivity contribution < 1.29 is 37.5 Å². The van der Waals surface area contributed by atoms with Gasteiger partial charge in [0.1, 0.15) is 29.8 Å². The molecule has 6 atom stereocenters. The number of hydrogen-bond donors (Lipinski definition) is 6. The highest BCUT2D eigenvalue weighted by Crippen LogP contribution is 2.15. The number of benzene rings is 1. The molecule has 282 valence electrons. The lowest BCUT2D eigenvalue weighted by molar-refractivity contribution is -0.605. The highest BCUT2D eigenvalue weighted by atomic mass is 19.1. The van der Waals surface area contributed by atoms with E-state index in [1.165, 1.54) is 18.2 Å². The standard InChI is InChI=1S/C36H53F2N7O6/c1-8-12-29(42-36(50)31(22(6)9-2)44-33(47)24-15-17-45(51)18-16-24)34(48)41-25(19-26-27(37)13-11-14-28(26)38)20-40-23(7)32(46)43-30(21(4)5)35(49)39-10-3/h11,13-18,21-23,25,29-31,40H,8-10,12,19-20H2,1-7H3,(H,39,49)(H,41,48)(H,42,50)(H,43,46)(H,44,47)/t22-,23-,25-,29-,30-,31-/m0/s1. The van der Waals surface area contributed by atoms with Crippen molar-refractivity contribution in [1.82, 2.24) is 31.9 Å². The summed E-state index contributed by atoms with van der Waals surface area (Å²) in [4.78, 5) is 65.8. The molecule has 0 radical (unpaired) electrons. The predicted octanol–water partition coefficient (Wildman–Crippen LogP) is 2.01. The van der Waals surface area contributed by atoms with Crippen LogP contribution < -0.4 is 36.6 Å². The van der Waals surface area contributed by atoms with Crippen LogP contribution in [0.2, 0.25) is 0 Å². The van der Waals surface area contributed by atoms with Crippen LogP contribution in [-0.4, -0.2) is 72.8 Å². The Morgan fingerprint density at radius 1 is 0.784 bits per heavy atom. The molecule has 0 fully saturated rings. The van der Waals surface area contributed by atoms with E-state index >= 15 is 0 Å². The summed E-state index contributed by atoms with van der Waals surface area (Å²) < 4.78 is 30.0. The highest BCUT2D eigenvalue weighted by molar-refractivity contribution is 5.98. The summed E-state index contributed by atoms with van der Waals surface area (Å²) in [6.45, 7) is 12.7. The van der Waals surface area contributed by atoms with Crippen LogP contribution >= 0.6 is 0 Å². The Hall–Kier alpha value is -4.66. The number of aromatic nitrogens is 1.